The molecule has 0 bridgehead atoms. The van der Waals surface area contributed by atoms with Crippen molar-refractivity contribution in [3.8, 4) is 0 Å². The standard InChI is InChI=1S/C13H21NO3S2/c1-10-12(8-11(9-15)18-10)19(16,17)14-6-4-13(2,3)5-7-14/h8,15H,4-7,9H2,1-3H3. The molecule has 0 saturated carbocycles. The van der Waals surface area contributed by atoms with Crippen LogP contribution in [0.4, 0.5) is 0 Å². The van der Waals surface area contributed by atoms with Crippen molar-refractivity contribution in [2.45, 2.75) is 45.1 Å². The maximum Gasteiger partial charge on any atom is 0.244 e. The summed E-state index contributed by atoms with van der Waals surface area (Å²) in [6, 6.07) is 1.61. The zero-order chi connectivity index (χ0) is 14.3. The Morgan fingerprint density at radius 1 is 1.37 bits per heavy atom. The number of nitrogens with zero attached hydrogens (tertiary/aromatic N) is 1. The van der Waals surface area contributed by atoms with Crippen molar-refractivity contribution in [1.82, 2.24) is 4.31 Å². The minimum absolute atomic E-state index is 0.103. The third-order valence-corrected chi connectivity index (χ3v) is 6.96. The smallest absolute Gasteiger partial charge is 0.244 e. The van der Waals surface area contributed by atoms with Crippen LogP contribution in [0.2, 0.25) is 0 Å². The Bertz CT molecular complexity index is 550. The van der Waals surface area contributed by atoms with Crippen LogP contribution in [0.3, 0.4) is 0 Å². The van der Waals surface area contributed by atoms with Gasteiger partial charge in [-0.15, -0.1) is 11.3 Å². The summed E-state index contributed by atoms with van der Waals surface area (Å²) in [6.45, 7) is 7.21. The van der Waals surface area contributed by atoms with Gasteiger partial charge in [0.1, 0.15) is 0 Å². The minimum Gasteiger partial charge on any atom is -0.391 e. The van der Waals surface area contributed by atoms with Gasteiger partial charge in [-0.1, -0.05) is 13.8 Å². The third kappa shape index (κ3) is 3.02. The summed E-state index contributed by atoms with van der Waals surface area (Å²) >= 11 is 1.35. The second-order valence-corrected chi connectivity index (χ2v) is 9.11. The molecule has 1 aromatic heterocycles. The summed E-state index contributed by atoms with van der Waals surface area (Å²) in [5.41, 5.74) is 0.228. The van der Waals surface area contributed by atoms with E-state index < -0.39 is 10.0 Å². The van der Waals surface area contributed by atoms with Gasteiger partial charge in [0.15, 0.2) is 0 Å². The van der Waals surface area contributed by atoms with Crippen LogP contribution in [0.5, 0.6) is 0 Å². The number of rotatable bonds is 3. The molecule has 1 aliphatic rings. The number of sulfonamides is 1. The number of aliphatic hydroxyl groups is 1. The Balaban J connectivity index is 2.25. The zero-order valence-corrected chi connectivity index (χ0v) is 13.3. The maximum absolute atomic E-state index is 12.6. The van der Waals surface area contributed by atoms with Crippen LogP contribution in [0, 0.1) is 12.3 Å². The Morgan fingerprint density at radius 3 is 2.42 bits per heavy atom. The van der Waals surface area contributed by atoms with Crippen LogP contribution in [0.15, 0.2) is 11.0 Å². The zero-order valence-electron chi connectivity index (χ0n) is 11.6. The number of thiophene rings is 1. The summed E-state index contributed by atoms with van der Waals surface area (Å²) in [7, 11) is -3.40. The highest BCUT2D eigenvalue weighted by Crippen LogP contribution is 2.34. The Labute approximate surface area is 119 Å². The molecular weight excluding hydrogens is 282 g/mol. The van der Waals surface area contributed by atoms with E-state index in [2.05, 4.69) is 13.8 Å². The van der Waals surface area contributed by atoms with Crippen LogP contribution < -0.4 is 0 Å². The largest absolute Gasteiger partial charge is 0.391 e. The Morgan fingerprint density at radius 2 is 1.95 bits per heavy atom. The van der Waals surface area contributed by atoms with E-state index in [9.17, 15) is 8.42 Å². The van der Waals surface area contributed by atoms with E-state index in [1.54, 1.807) is 17.3 Å². The molecule has 0 amide bonds. The molecule has 0 radical (unpaired) electrons. The second kappa shape index (κ2) is 5.16. The lowest BCUT2D eigenvalue weighted by Crippen LogP contribution is -2.41. The monoisotopic (exact) mass is 303 g/mol. The molecule has 0 atom stereocenters. The van der Waals surface area contributed by atoms with Crippen molar-refractivity contribution in [3.63, 3.8) is 0 Å². The second-order valence-electron chi connectivity index (χ2n) is 5.86. The molecule has 4 nitrogen and oxygen atoms in total. The maximum atomic E-state index is 12.6. The van der Waals surface area contributed by atoms with E-state index in [0.29, 0.717) is 22.9 Å². The molecule has 0 unspecified atom stereocenters. The summed E-state index contributed by atoms with van der Waals surface area (Å²) in [6.07, 6.45) is 1.78. The average Bonchev–Trinajstić information content (AvgIpc) is 2.70. The van der Waals surface area contributed by atoms with Gasteiger partial charge < -0.3 is 5.11 Å². The van der Waals surface area contributed by atoms with Crippen molar-refractivity contribution in [2.24, 2.45) is 5.41 Å². The van der Waals surface area contributed by atoms with Crippen LogP contribution in [-0.4, -0.2) is 30.9 Å². The van der Waals surface area contributed by atoms with Gasteiger partial charge in [-0.3, -0.25) is 0 Å². The van der Waals surface area contributed by atoms with Crippen LogP contribution in [-0.2, 0) is 16.6 Å². The molecule has 0 aromatic carbocycles. The van der Waals surface area contributed by atoms with E-state index in [-0.39, 0.29) is 12.0 Å². The van der Waals surface area contributed by atoms with Gasteiger partial charge >= 0.3 is 0 Å². The molecule has 0 aliphatic carbocycles. The number of aryl methyl sites for hydroxylation is 1. The molecule has 1 fully saturated rings. The van der Waals surface area contributed by atoms with E-state index in [0.717, 1.165) is 17.7 Å². The van der Waals surface area contributed by atoms with Crippen molar-refractivity contribution in [2.75, 3.05) is 13.1 Å². The highest BCUT2D eigenvalue weighted by atomic mass is 32.2. The molecule has 19 heavy (non-hydrogen) atoms. The lowest BCUT2D eigenvalue weighted by molar-refractivity contribution is 0.196. The molecular formula is C13H21NO3S2. The summed E-state index contributed by atoms with van der Waals surface area (Å²) in [5.74, 6) is 0. The molecule has 2 rings (SSSR count). The van der Waals surface area contributed by atoms with Crippen LogP contribution in [0.25, 0.3) is 0 Å². The summed E-state index contributed by atoms with van der Waals surface area (Å²) in [5, 5.41) is 9.12. The Hall–Kier alpha value is -0.430. The van der Waals surface area contributed by atoms with Gasteiger partial charge in [-0.05, 0) is 31.2 Å². The molecule has 6 heteroatoms. The van der Waals surface area contributed by atoms with Crippen molar-refractivity contribution >= 4 is 21.4 Å². The fraction of sp³-hybridized carbons (Fsp3) is 0.692. The fourth-order valence-corrected chi connectivity index (χ4v) is 5.23. The van der Waals surface area contributed by atoms with Gasteiger partial charge in [0.25, 0.3) is 0 Å². The normalized spacial score (nSPS) is 20.6. The predicted molar refractivity (Wildman–Crippen MR) is 76.8 cm³/mol. The summed E-state index contributed by atoms with van der Waals surface area (Å²) in [4.78, 5) is 1.82. The fourth-order valence-electron chi connectivity index (χ4n) is 2.33. The topological polar surface area (TPSA) is 57.6 Å². The SMILES string of the molecule is Cc1sc(CO)cc1S(=O)(=O)N1CCC(C)(C)CC1. The highest BCUT2D eigenvalue weighted by molar-refractivity contribution is 7.89. The Kier molecular flexibility index (Phi) is 4.07. The molecule has 2 heterocycles. The summed E-state index contributed by atoms with van der Waals surface area (Å²) < 4.78 is 26.8. The van der Waals surface area contributed by atoms with E-state index >= 15 is 0 Å². The van der Waals surface area contributed by atoms with Gasteiger partial charge in [-0.25, -0.2) is 8.42 Å². The molecule has 0 spiro atoms. The number of aliphatic hydroxyl groups excluding tert-OH is 1. The predicted octanol–water partition coefficient (Wildman–Crippen LogP) is 2.36. The molecule has 1 aliphatic heterocycles. The van der Waals surface area contributed by atoms with E-state index in [1.807, 2.05) is 0 Å². The third-order valence-electron chi connectivity index (χ3n) is 3.77. The first-order chi connectivity index (χ1) is 8.76. The van der Waals surface area contributed by atoms with Gasteiger partial charge in [-0.2, -0.15) is 4.31 Å². The minimum atomic E-state index is -3.40. The van der Waals surface area contributed by atoms with Gasteiger partial charge in [0.2, 0.25) is 10.0 Å². The quantitative estimate of drug-likeness (QED) is 0.932. The van der Waals surface area contributed by atoms with Crippen LogP contribution in [0.1, 0.15) is 36.4 Å². The number of piperidine rings is 1. The first-order valence-electron chi connectivity index (χ1n) is 6.46. The average molecular weight is 303 g/mol. The first kappa shape index (κ1) is 15.0. The number of hydrogen-bond acceptors (Lipinski definition) is 4. The van der Waals surface area contributed by atoms with Crippen molar-refractivity contribution < 1.29 is 13.5 Å². The first-order valence-corrected chi connectivity index (χ1v) is 8.72. The van der Waals surface area contributed by atoms with Gasteiger partial charge in [0.05, 0.1) is 11.5 Å². The van der Waals surface area contributed by atoms with E-state index in [4.69, 9.17) is 5.11 Å². The lowest BCUT2D eigenvalue weighted by Gasteiger charge is -2.36. The number of hydrogen-bond donors (Lipinski definition) is 1. The van der Waals surface area contributed by atoms with E-state index in [1.165, 1.54) is 11.3 Å². The lowest BCUT2D eigenvalue weighted by atomic mass is 9.83. The molecule has 108 valence electrons. The van der Waals surface area contributed by atoms with Crippen LogP contribution >= 0.6 is 11.3 Å². The van der Waals surface area contributed by atoms with Gasteiger partial charge in [0, 0.05) is 22.8 Å². The molecule has 1 N–H and O–H groups in total. The van der Waals surface area contributed by atoms with Crippen molar-refractivity contribution in [3.05, 3.63) is 15.8 Å². The van der Waals surface area contributed by atoms with Crippen molar-refractivity contribution in [1.29, 1.82) is 0 Å². The highest BCUT2D eigenvalue weighted by Gasteiger charge is 2.34. The molecule has 1 aromatic rings. The molecule has 1 saturated heterocycles.